The fraction of sp³-hybridized carbons (Fsp3) is 0.417. The summed E-state index contributed by atoms with van der Waals surface area (Å²) < 4.78 is 24.7. The summed E-state index contributed by atoms with van der Waals surface area (Å²) in [5, 5.41) is 0. The molecule has 164 valence electrons. The Morgan fingerprint density at radius 1 is 1.06 bits per heavy atom. The van der Waals surface area contributed by atoms with Crippen LogP contribution in [0.5, 0.6) is 11.5 Å². The number of halogens is 1. The van der Waals surface area contributed by atoms with Gasteiger partial charge < -0.3 is 20.1 Å². The first kappa shape index (κ1) is 21.3. The van der Waals surface area contributed by atoms with Crippen molar-refractivity contribution in [2.45, 2.75) is 25.7 Å². The van der Waals surface area contributed by atoms with E-state index in [0.717, 1.165) is 36.7 Å². The zero-order chi connectivity index (χ0) is 21.6. The molecule has 0 radical (unpaired) electrons. The Labute approximate surface area is 181 Å². The lowest BCUT2D eigenvalue weighted by Crippen LogP contribution is -2.37. The summed E-state index contributed by atoms with van der Waals surface area (Å²) in [5.41, 5.74) is 7.99. The molecule has 0 saturated carbocycles. The average Bonchev–Trinajstić information content (AvgIpc) is 3.26. The van der Waals surface area contributed by atoms with E-state index in [2.05, 4.69) is 9.89 Å². The molecule has 0 aliphatic carbocycles. The molecule has 0 unspecified atom stereocenters. The van der Waals surface area contributed by atoms with Crippen molar-refractivity contribution < 1.29 is 18.7 Å². The highest BCUT2D eigenvalue weighted by Gasteiger charge is 2.23. The maximum Gasteiger partial charge on any atom is 0.251 e. The van der Waals surface area contributed by atoms with Crippen LogP contribution in [-0.2, 0) is 17.6 Å². The number of hydrogen-bond acceptors (Lipinski definition) is 4. The lowest BCUT2D eigenvalue weighted by Gasteiger charge is -2.24. The fourth-order valence-electron chi connectivity index (χ4n) is 4.14. The number of fused-ring (bicyclic) bond motifs is 1. The normalized spacial score (nSPS) is 17.5. The van der Waals surface area contributed by atoms with Gasteiger partial charge in [0.2, 0.25) is 0 Å². The number of nitrogens with zero attached hydrogens (tertiary/aromatic N) is 2. The molecule has 4 rings (SSSR count). The van der Waals surface area contributed by atoms with Crippen LogP contribution >= 0.6 is 0 Å². The number of carbonyl (C=O) groups is 1. The van der Waals surface area contributed by atoms with Crippen molar-refractivity contribution in [1.29, 1.82) is 0 Å². The van der Waals surface area contributed by atoms with Gasteiger partial charge in [-0.3, -0.25) is 4.79 Å². The number of likely N-dealkylation sites (tertiary alicyclic amines) is 1. The van der Waals surface area contributed by atoms with Crippen LogP contribution in [0, 0.1) is 11.7 Å². The average molecular weight is 426 g/mol. The molecule has 0 spiro atoms. The molecule has 2 aromatic carbocycles. The van der Waals surface area contributed by atoms with Crippen LogP contribution < -0.4 is 15.2 Å². The Kier molecular flexibility index (Phi) is 6.82. The van der Waals surface area contributed by atoms with Crippen LogP contribution in [0.15, 0.2) is 47.5 Å². The summed E-state index contributed by atoms with van der Waals surface area (Å²) in [6.07, 6.45) is 3.02. The minimum Gasteiger partial charge on any atom is -0.486 e. The Morgan fingerprint density at radius 2 is 1.84 bits per heavy atom. The molecule has 1 fully saturated rings. The van der Waals surface area contributed by atoms with Gasteiger partial charge in [0.25, 0.3) is 5.91 Å². The van der Waals surface area contributed by atoms with Gasteiger partial charge in [-0.1, -0.05) is 18.2 Å². The van der Waals surface area contributed by atoms with E-state index in [-0.39, 0.29) is 24.1 Å². The number of benzene rings is 2. The molecular formula is C24H28FN3O3. The minimum atomic E-state index is -0.368. The minimum absolute atomic E-state index is 0.0267. The monoisotopic (exact) mass is 425 g/mol. The van der Waals surface area contributed by atoms with Gasteiger partial charge in [0.05, 0.1) is 6.42 Å². The SMILES string of the molecule is NC(=NC(=O)Cc1cccc(F)c1)[C@@H](Cc1ccc2c(c1)OCCO2)CN1CCCC1. The lowest BCUT2D eigenvalue weighted by atomic mass is 9.97. The van der Waals surface area contributed by atoms with E-state index in [1.54, 1.807) is 12.1 Å². The molecule has 2 aromatic rings. The van der Waals surface area contributed by atoms with Gasteiger partial charge >= 0.3 is 0 Å². The van der Waals surface area contributed by atoms with Crippen molar-refractivity contribution in [2.75, 3.05) is 32.8 Å². The third-order valence-corrected chi connectivity index (χ3v) is 5.68. The van der Waals surface area contributed by atoms with Crippen molar-refractivity contribution >= 4 is 11.7 Å². The molecule has 0 bridgehead atoms. The number of ether oxygens (including phenoxy) is 2. The zero-order valence-corrected chi connectivity index (χ0v) is 17.6. The molecule has 1 amide bonds. The number of carbonyl (C=O) groups excluding carboxylic acids is 1. The van der Waals surface area contributed by atoms with Crippen LogP contribution in [0.4, 0.5) is 4.39 Å². The molecule has 0 aromatic heterocycles. The van der Waals surface area contributed by atoms with Gasteiger partial charge in [-0.25, -0.2) is 9.38 Å². The quantitative estimate of drug-likeness (QED) is 0.545. The molecule has 1 atom stereocenters. The maximum absolute atomic E-state index is 13.4. The predicted molar refractivity (Wildman–Crippen MR) is 117 cm³/mol. The van der Waals surface area contributed by atoms with Crippen molar-refractivity contribution in [2.24, 2.45) is 16.6 Å². The fourth-order valence-corrected chi connectivity index (χ4v) is 4.14. The maximum atomic E-state index is 13.4. The van der Waals surface area contributed by atoms with Gasteiger partial charge in [-0.15, -0.1) is 0 Å². The van der Waals surface area contributed by atoms with E-state index < -0.39 is 0 Å². The van der Waals surface area contributed by atoms with Crippen molar-refractivity contribution in [3.63, 3.8) is 0 Å². The molecule has 7 heteroatoms. The van der Waals surface area contributed by atoms with Gasteiger partial charge in [0.1, 0.15) is 24.9 Å². The molecule has 6 nitrogen and oxygen atoms in total. The van der Waals surface area contributed by atoms with Crippen molar-refractivity contribution in [3.8, 4) is 11.5 Å². The van der Waals surface area contributed by atoms with E-state index in [1.807, 2.05) is 18.2 Å². The lowest BCUT2D eigenvalue weighted by molar-refractivity contribution is -0.117. The van der Waals surface area contributed by atoms with Gasteiger partial charge in [0.15, 0.2) is 11.5 Å². The molecule has 31 heavy (non-hydrogen) atoms. The summed E-state index contributed by atoms with van der Waals surface area (Å²) in [6.45, 7) is 3.89. The molecule has 2 N–H and O–H groups in total. The number of nitrogens with two attached hydrogens (primary N) is 1. The third kappa shape index (κ3) is 5.82. The van der Waals surface area contributed by atoms with Crippen LogP contribution in [0.25, 0.3) is 0 Å². The second-order valence-corrected chi connectivity index (χ2v) is 8.12. The third-order valence-electron chi connectivity index (χ3n) is 5.68. The van der Waals surface area contributed by atoms with E-state index >= 15 is 0 Å². The van der Waals surface area contributed by atoms with E-state index in [0.29, 0.717) is 31.0 Å². The topological polar surface area (TPSA) is 77.1 Å². The van der Waals surface area contributed by atoms with Crippen LogP contribution in [0.3, 0.4) is 0 Å². The number of rotatable bonds is 7. The summed E-state index contributed by atoms with van der Waals surface area (Å²) in [6, 6.07) is 11.9. The van der Waals surface area contributed by atoms with E-state index in [1.165, 1.54) is 25.0 Å². The second-order valence-electron chi connectivity index (χ2n) is 8.12. The zero-order valence-electron chi connectivity index (χ0n) is 17.6. The van der Waals surface area contributed by atoms with E-state index in [4.69, 9.17) is 15.2 Å². The first-order valence-electron chi connectivity index (χ1n) is 10.8. The highest BCUT2D eigenvalue weighted by molar-refractivity contribution is 5.95. The number of hydrogen-bond donors (Lipinski definition) is 1. The Morgan fingerprint density at radius 3 is 2.61 bits per heavy atom. The Bertz CT molecular complexity index is 957. The Balaban J connectivity index is 1.49. The molecule has 2 aliphatic heterocycles. The predicted octanol–water partition coefficient (Wildman–Crippen LogP) is 2.98. The highest BCUT2D eigenvalue weighted by atomic mass is 19.1. The smallest absolute Gasteiger partial charge is 0.251 e. The van der Waals surface area contributed by atoms with Gasteiger partial charge in [0, 0.05) is 12.5 Å². The molecule has 1 saturated heterocycles. The number of aliphatic imine (C=N–C) groups is 1. The first-order valence-corrected chi connectivity index (χ1v) is 10.8. The Hall–Kier alpha value is -2.93. The molecule has 2 heterocycles. The van der Waals surface area contributed by atoms with Crippen LogP contribution in [0.1, 0.15) is 24.0 Å². The molecule has 2 aliphatic rings. The van der Waals surface area contributed by atoms with Gasteiger partial charge in [-0.2, -0.15) is 0 Å². The second kappa shape index (κ2) is 9.92. The van der Waals surface area contributed by atoms with E-state index in [9.17, 15) is 9.18 Å². The largest absolute Gasteiger partial charge is 0.486 e. The number of amides is 1. The van der Waals surface area contributed by atoms with Crippen molar-refractivity contribution in [3.05, 3.63) is 59.4 Å². The van der Waals surface area contributed by atoms with Gasteiger partial charge in [-0.05, 0) is 67.7 Å². The summed E-state index contributed by atoms with van der Waals surface area (Å²) in [4.78, 5) is 19.0. The first-order chi connectivity index (χ1) is 15.1. The summed E-state index contributed by atoms with van der Waals surface area (Å²) >= 11 is 0. The number of amidine groups is 1. The van der Waals surface area contributed by atoms with Crippen molar-refractivity contribution in [1.82, 2.24) is 4.90 Å². The van der Waals surface area contributed by atoms with Crippen LogP contribution in [-0.4, -0.2) is 49.5 Å². The highest BCUT2D eigenvalue weighted by Crippen LogP contribution is 2.31. The summed E-state index contributed by atoms with van der Waals surface area (Å²) in [7, 11) is 0. The molecular weight excluding hydrogens is 397 g/mol. The van der Waals surface area contributed by atoms with Crippen LogP contribution in [0.2, 0.25) is 0 Å². The summed E-state index contributed by atoms with van der Waals surface area (Å²) in [5.74, 6) is 0.976. The standard InChI is InChI=1S/C24H28FN3O3/c25-20-5-3-4-17(13-20)15-23(29)27-24(26)19(16-28-8-1-2-9-28)12-18-6-7-21-22(14-18)31-11-10-30-21/h3-7,13-14,19H,1-2,8-12,15-16H2,(H2,26,27,29)/t19-/m0/s1.